The number of carboxylic acid groups (broad SMARTS) is 1. The average molecular weight is 265 g/mol. The molecule has 0 fully saturated rings. The van der Waals surface area contributed by atoms with E-state index in [0.717, 1.165) is 25.1 Å². The van der Waals surface area contributed by atoms with Gasteiger partial charge in [-0.15, -0.1) is 0 Å². The molecular weight excluding hydrogens is 242 g/mol. The zero-order valence-corrected chi connectivity index (χ0v) is 12.1. The van der Waals surface area contributed by atoms with Crippen LogP contribution in [0.25, 0.3) is 0 Å². The number of benzene rings is 1. The minimum atomic E-state index is -0.953. The van der Waals surface area contributed by atoms with Crippen LogP contribution in [0.4, 0.5) is 0 Å². The Kier molecular flexibility index (Phi) is 5.83. The van der Waals surface area contributed by atoms with Gasteiger partial charge in [-0.25, -0.2) is 4.79 Å². The quantitative estimate of drug-likeness (QED) is 0.823. The molecule has 0 radical (unpaired) electrons. The summed E-state index contributed by atoms with van der Waals surface area (Å²) in [6.45, 7) is 8.17. The maximum absolute atomic E-state index is 11.2. The minimum Gasteiger partial charge on any atom is -0.496 e. The van der Waals surface area contributed by atoms with Crippen LogP contribution in [0, 0.1) is 0 Å². The van der Waals surface area contributed by atoms with Crippen molar-refractivity contribution in [2.45, 2.75) is 39.8 Å². The molecule has 0 bridgehead atoms. The summed E-state index contributed by atoms with van der Waals surface area (Å²) in [6, 6.07) is 5.84. The van der Waals surface area contributed by atoms with E-state index in [1.165, 1.54) is 7.11 Å². The molecule has 19 heavy (non-hydrogen) atoms. The number of nitrogens with zero attached hydrogens (tertiary/aromatic N) is 1. The van der Waals surface area contributed by atoms with Gasteiger partial charge >= 0.3 is 5.97 Å². The summed E-state index contributed by atoms with van der Waals surface area (Å²) >= 11 is 0. The van der Waals surface area contributed by atoms with Crippen molar-refractivity contribution in [3.63, 3.8) is 0 Å². The van der Waals surface area contributed by atoms with E-state index in [2.05, 4.69) is 25.7 Å². The predicted molar refractivity (Wildman–Crippen MR) is 75.8 cm³/mol. The highest BCUT2D eigenvalue weighted by Gasteiger charge is 2.14. The third-order valence-electron chi connectivity index (χ3n) is 3.50. The van der Waals surface area contributed by atoms with Gasteiger partial charge in [0.1, 0.15) is 11.3 Å². The molecule has 4 heteroatoms. The van der Waals surface area contributed by atoms with E-state index in [1.807, 2.05) is 6.07 Å². The number of methoxy groups -OCH3 is 1. The number of carboxylic acids is 1. The molecule has 106 valence electrons. The van der Waals surface area contributed by atoms with Crippen LogP contribution in [0.1, 0.15) is 43.1 Å². The average Bonchev–Trinajstić information content (AvgIpc) is 2.43. The van der Waals surface area contributed by atoms with E-state index in [-0.39, 0.29) is 5.56 Å². The maximum atomic E-state index is 11.2. The minimum absolute atomic E-state index is 0.222. The second-order valence-electron chi connectivity index (χ2n) is 4.66. The van der Waals surface area contributed by atoms with Crippen molar-refractivity contribution in [2.75, 3.05) is 13.7 Å². The molecule has 1 atom stereocenters. The van der Waals surface area contributed by atoms with Crippen LogP contribution >= 0.6 is 0 Å². The highest BCUT2D eigenvalue weighted by Crippen LogP contribution is 2.21. The Hall–Kier alpha value is -1.55. The number of hydrogen-bond acceptors (Lipinski definition) is 3. The van der Waals surface area contributed by atoms with Crippen molar-refractivity contribution in [2.24, 2.45) is 0 Å². The Balaban J connectivity index is 2.95. The summed E-state index contributed by atoms with van der Waals surface area (Å²) < 4.78 is 5.07. The molecule has 0 saturated heterocycles. The number of rotatable bonds is 7. The summed E-state index contributed by atoms with van der Waals surface area (Å²) in [5.41, 5.74) is 1.22. The first-order valence-electron chi connectivity index (χ1n) is 6.67. The van der Waals surface area contributed by atoms with E-state index in [9.17, 15) is 9.90 Å². The second-order valence-corrected chi connectivity index (χ2v) is 4.66. The Labute approximate surface area is 115 Å². The maximum Gasteiger partial charge on any atom is 0.339 e. The lowest BCUT2D eigenvalue weighted by atomic mass is 10.1. The molecule has 4 nitrogen and oxygen atoms in total. The van der Waals surface area contributed by atoms with Crippen molar-refractivity contribution >= 4 is 5.97 Å². The Morgan fingerprint density at radius 2 is 2.11 bits per heavy atom. The summed E-state index contributed by atoms with van der Waals surface area (Å²) in [6.07, 6.45) is 1.08. The van der Waals surface area contributed by atoms with Crippen LogP contribution in [0.15, 0.2) is 18.2 Å². The van der Waals surface area contributed by atoms with Gasteiger partial charge in [0.15, 0.2) is 0 Å². The normalized spacial score (nSPS) is 12.5. The largest absolute Gasteiger partial charge is 0.496 e. The van der Waals surface area contributed by atoms with Gasteiger partial charge in [-0.3, -0.25) is 4.90 Å². The van der Waals surface area contributed by atoms with Gasteiger partial charge in [0.2, 0.25) is 0 Å². The van der Waals surface area contributed by atoms with Crippen LogP contribution in [0.5, 0.6) is 5.75 Å². The summed E-state index contributed by atoms with van der Waals surface area (Å²) in [5.74, 6) is -0.548. The zero-order chi connectivity index (χ0) is 14.4. The van der Waals surface area contributed by atoms with Crippen LogP contribution in [-0.2, 0) is 6.54 Å². The molecule has 1 aromatic carbocycles. The van der Waals surface area contributed by atoms with E-state index in [4.69, 9.17) is 4.74 Å². The molecule has 0 heterocycles. The van der Waals surface area contributed by atoms with Crippen LogP contribution in [0.2, 0.25) is 0 Å². The second kappa shape index (κ2) is 7.14. The van der Waals surface area contributed by atoms with Crippen molar-refractivity contribution < 1.29 is 14.6 Å². The SMILES string of the molecule is CCC(C)N(CC)Cc1ccc(OC)c(C(=O)O)c1. The summed E-state index contributed by atoms with van der Waals surface area (Å²) in [5, 5.41) is 9.17. The van der Waals surface area contributed by atoms with E-state index < -0.39 is 5.97 Å². The Morgan fingerprint density at radius 1 is 1.42 bits per heavy atom. The lowest BCUT2D eigenvalue weighted by Crippen LogP contribution is -2.31. The van der Waals surface area contributed by atoms with Crippen LogP contribution < -0.4 is 4.74 Å². The molecule has 1 unspecified atom stereocenters. The molecule has 0 amide bonds. The first-order valence-corrected chi connectivity index (χ1v) is 6.67. The third-order valence-corrected chi connectivity index (χ3v) is 3.50. The molecule has 0 saturated carbocycles. The number of hydrogen-bond donors (Lipinski definition) is 1. The van der Waals surface area contributed by atoms with Gasteiger partial charge < -0.3 is 9.84 Å². The fourth-order valence-corrected chi connectivity index (χ4v) is 2.09. The predicted octanol–water partition coefficient (Wildman–Crippen LogP) is 3.01. The Bertz CT molecular complexity index is 431. The topological polar surface area (TPSA) is 49.8 Å². The van der Waals surface area contributed by atoms with Crippen molar-refractivity contribution in [3.8, 4) is 5.75 Å². The highest BCUT2D eigenvalue weighted by atomic mass is 16.5. The molecule has 0 aliphatic rings. The smallest absolute Gasteiger partial charge is 0.339 e. The Morgan fingerprint density at radius 3 is 2.58 bits per heavy atom. The molecule has 0 aliphatic heterocycles. The van der Waals surface area contributed by atoms with Gasteiger partial charge in [0, 0.05) is 12.6 Å². The van der Waals surface area contributed by atoms with Gasteiger partial charge in [0.05, 0.1) is 7.11 Å². The molecule has 0 aliphatic carbocycles. The van der Waals surface area contributed by atoms with Crippen LogP contribution in [0.3, 0.4) is 0 Å². The standard InChI is InChI=1S/C15H23NO3/c1-5-11(3)16(6-2)10-12-7-8-14(19-4)13(9-12)15(17)18/h7-9,11H,5-6,10H2,1-4H3,(H,17,18). The fraction of sp³-hybridized carbons (Fsp3) is 0.533. The van der Waals surface area contributed by atoms with E-state index in [0.29, 0.717) is 11.8 Å². The first kappa shape index (κ1) is 15.5. The van der Waals surface area contributed by atoms with E-state index >= 15 is 0 Å². The number of aromatic carboxylic acids is 1. The van der Waals surface area contributed by atoms with Crippen LogP contribution in [-0.4, -0.2) is 35.7 Å². The molecule has 0 spiro atoms. The molecular formula is C15H23NO3. The molecule has 1 N–H and O–H groups in total. The fourth-order valence-electron chi connectivity index (χ4n) is 2.09. The monoisotopic (exact) mass is 265 g/mol. The summed E-state index contributed by atoms with van der Waals surface area (Å²) in [4.78, 5) is 13.5. The lowest BCUT2D eigenvalue weighted by Gasteiger charge is -2.27. The third kappa shape index (κ3) is 3.96. The highest BCUT2D eigenvalue weighted by molar-refractivity contribution is 5.91. The van der Waals surface area contributed by atoms with E-state index in [1.54, 1.807) is 12.1 Å². The van der Waals surface area contributed by atoms with Gasteiger partial charge in [-0.2, -0.15) is 0 Å². The van der Waals surface area contributed by atoms with Gasteiger partial charge in [0.25, 0.3) is 0 Å². The molecule has 1 aromatic rings. The van der Waals surface area contributed by atoms with Crippen molar-refractivity contribution in [3.05, 3.63) is 29.3 Å². The van der Waals surface area contributed by atoms with Gasteiger partial charge in [-0.05, 0) is 37.6 Å². The molecule has 1 rings (SSSR count). The van der Waals surface area contributed by atoms with Crippen molar-refractivity contribution in [1.82, 2.24) is 4.90 Å². The van der Waals surface area contributed by atoms with Crippen molar-refractivity contribution in [1.29, 1.82) is 0 Å². The number of carbonyl (C=O) groups is 1. The number of ether oxygens (including phenoxy) is 1. The first-order chi connectivity index (χ1) is 9.03. The molecule has 0 aromatic heterocycles. The van der Waals surface area contributed by atoms with Gasteiger partial charge in [-0.1, -0.05) is 19.9 Å². The summed E-state index contributed by atoms with van der Waals surface area (Å²) in [7, 11) is 1.49. The zero-order valence-electron chi connectivity index (χ0n) is 12.1. The lowest BCUT2D eigenvalue weighted by molar-refractivity contribution is 0.0693.